The molecule has 3 nitrogen and oxygen atoms in total. The molecule has 0 aliphatic rings. The smallest absolute Gasteiger partial charge is 0.126 e. The Bertz CT molecular complexity index is 434. The molecule has 0 saturated carbocycles. The van der Waals surface area contributed by atoms with Crippen LogP contribution >= 0.6 is 15.9 Å². The van der Waals surface area contributed by atoms with Gasteiger partial charge in [-0.25, -0.2) is 0 Å². The second-order valence-electron chi connectivity index (χ2n) is 4.80. The van der Waals surface area contributed by atoms with Gasteiger partial charge in [0.2, 0.25) is 0 Å². The van der Waals surface area contributed by atoms with Crippen molar-refractivity contribution in [2.45, 2.75) is 39.2 Å². The molecule has 0 radical (unpaired) electrons. The molecule has 1 unspecified atom stereocenters. The van der Waals surface area contributed by atoms with E-state index in [0.29, 0.717) is 13.2 Å². The summed E-state index contributed by atoms with van der Waals surface area (Å²) in [4.78, 5) is 0. The number of rotatable bonds is 9. The Balaban J connectivity index is 2.87. The van der Waals surface area contributed by atoms with Gasteiger partial charge in [-0.15, -0.1) is 0 Å². The highest BCUT2D eigenvalue weighted by Gasteiger charge is 2.10. The number of halogens is 1. The molecule has 1 rings (SSSR count). The molecule has 1 aromatic rings. The first-order valence-corrected chi connectivity index (χ1v) is 7.83. The second-order valence-corrected chi connectivity index (χ2v) is 5.92. The standard InChI is InChI=1S/C16H24BrNO2/c1-4-8-19-15-7-6-13(9-14(18)5-2)16(10-15)20-11-12(3)17/h6-7,10,14H,3-5,8-9,11,18H2,1-2H3. The van der Waals surface area contributed by atoms with Gasteiger partial charge in [0, 0.05) is 16.6 Å². The van der Waals surface area contributed by atoms with Crippen molar-refractivity contribution in [2.75, 3.05) is 13.2 Å². The summed E-state index contributed by atoms with van der Waals surface area (Å²) in [6.07, 6.45) is 2.73. The largest absolute Gasteiger partial charge is 0.493 e. The summed E-state index contributed by atoms with van der Waals surface area (Å²) in [5.74, 6) is 1.65. The molecular weight excluding hydrogens is 318 g/mol. The minimum Gasteiger partial charge on any atom is -0.493 e. The third-order valence-corrected chi connectivity index (χ3v) is 3.13. The van der Waals surface area contributed by atoms with Crippen LogP contribution < -0.4 is 15.2 Å². The van der Waals surface area contributed by atoms with Gasteiger partial charge in [-0.05, 0) is 30.9 Å². The van der Waals surface area contributed by atoms with E-state index in [1.165, 1.54) is 0 Å². The van der Waals surface area contributed by atoms with Gasteiger partial charge in [0.25, 0.3) is 0 Å². The highest BCUT2D eigenvalue weighted by atomic mass is 79.9. The van der Waals surface area contributed by atoms with Crippen molar-refractivity contribution >= 4 is 15.9 Å². The molecule has 0 aliphatic carbocycles. The van der Waals surface area contributed by atoms with Gasteiger partial charge in [0.1, 0.15) is 18.1 Å². The number of benzene rings is 1. The predicted octanol–water partition coefficient (Wildman–Crippen LogP) is 4.04. The molecule has 4 heteroatoms. The summed E-state index contributed by atoms with van der Waals surface area (Å²) >= 11 is 3.31. The summed E-state index contributed by atoms with van der Waals surface area (Å²) in [5.41, 5.74) is 7.14. The molecule has 2 N–H and O–H groups in total. The molecule has 0 aromatic heterocycles. The van der Waals surface area contributed by atoms with Crippen LogP contribution in [0.1, 0.15) is 32.3 Å². The van der Waals surface area contributed by atoms with E-state index in [1.807, 2.05) is 18.2 Å². The van der Waals surface area contributed by atoms with Crippen LogP contribution in [0.15, 0.2) is 29.3 Å². The summed E-state index contributed by atoms with van der Waals surface area (Å²) in [7, 11) is 0. The van der Waals surface area contributed by atoms with Gasteiger partial charge in [-0.3, -0.25) is 0 Å². The van der Waals surface area contributed by atoms with Crippen molar-refractivity contribution in [2.24, 2.45) is 5.73 Å². The van der Waals surface area contributed by atoms with Crippen molar-refractivity contribution < 1.29 is 9.47 Å². The quantitative estimate of drug-likeness (QED) is 0.737. The van der Waals surface area contributed by atoms with Gasteiger partial charge in [-0.1, -0.05) is 42.4 Å². The molecule has 0 spiro atoms. The van der Waals surface area contributed by atoms with Crippen molar-refractivity contribution in [3.8, 4) is 11.5 Å². The van der Waals surface area contributed by atoms with E-state index in [1.54, 1.807) is 0 Å². The normalized spacial score (nSPS) is 12.0. The Kier molecular flexibility index (Phi) is 7.70. The number of hydrogen-bond acceptors (Lipinski definition) is 3. The molecule has 0 amide bonds. The Hall–Kier alpha value is -1.00. The van der Waals surface area contributed by atoms with E-state index < -0.39 is 0 Å². The third-order valence-electron chi connectivity index (χ3n) is 2.90. The van der Waals surface area contributed by atoms with Crippen molar-refractivity contribution in [1.82, 2.24) is 0 Å². The number of hydrogen-bond donors (Lipinski definition) is 1. The molecule has 0 bridgehead atoms. The van der Waals surface area contributed by atoms with E-state index in [2.05, 4.69) is 36.4 Å². The van der Waals surface area contributed by atoms with Gasteiger partial charge in [0.15, 0.2) is 0 Å². The van der Waals surface area contributed by atoms with Crippen LogP contribution in [-0.4, -0.2) is 19.3 Å². The molecule has 1 aromatic carbocycles. The Morgan fingerprint density at radius 2 is 2.10 bits per heavy atom. The SMILES string of the molecule is C=C(Br)COc1cc(OCCC)ccc1CC(N)CC. The predicted molar refractivity (Wildman–Crippen MR) is 87.8 cm³/mol. The van der Waals surface area contributed by atoms with Crippen LogP contribution in [-0.2, 0) is 6.42 Å². The highest BCUT2D eigenvalue weighted by Crippen LogP contribution is 2.27. The minimum absolute atomic E-state index is 0.145. The topological polar surface area (TPSA) is 44.5 Å². The molecular formula is C16H24BrNO2. The van der Waals surface area contributed by atoms with Gasteiger partial charge >= 0.3 is 0 Å². The fourth-order valence-corrected chi connectivity index (χ4v) is 1.84. The lowest BCUT2D eigenvalue weighted by Crippen LogP contribution is -2.21. The van der Waals surface area contributed by atoms with Crippen LogP contribution in [0.25, 0.3) is 0 Å². The molecule has 20 heavy (non-hydrogen) atoms. The van der Waals surface area contributed by atoms with E-state index in [4.69, 9.17) is 15.2 Å². The second kappa shape index (κ2) is 9.03. The van der Waals surface area contributed by atoms with Gasteiger partial charge in [0.05, 0.1) is 6.61 Å². The first-order chi connectivity index (χ1) is 9.56. The molecule has 0 aliphatic heterocycles. The zero-order chi connectivity index (χ0) is 15.0. The van der Waals surface area contributed by atoms with Crippen molar-refractivity contribution in [3.63, 3.8) is 0 Å². The maximum Gasteiger partial charge on any atom is 0.126 e. The average Bonchev–Trinajstić information content (AvgIpc) is 2.44. The molecule has 1 atom stereocenters. The first kappa shape index (κ1) is 17.1. The van der Waals surface area contributed by atoms with Crippen LogP contribution in [0, 0.1) is 0 Å². The zero-order valence-electron chi connectivity index (χ0n) is 12.3. The molecule has 0 fully saturated rings. The van der Waals surface area contributed by atoms with E-state index in [0.717, 1.165) is 40.8 Å². The first-order valence-electron chi connectivity index (χ1n) is 7.04. The maximum atomic E-state index is 6.03. The zero-order valence-corrected chi connectivity index (χ0v) is 13.9. The Morgan fingerprint density at radius 3 is 2.70 bits per heavy atom. The highest BCUT2D eigenvalue weighted by molar-refractivity contribution is 9.11. The van der Waals surface area contributed by atoms with E-state index in [9.17, 15) is 0 Å². The van der Waals surface area contributed by atoms with E-state index >= 15 is 0 Å². The van der Waals surface area contributed by atoms with Crippen LogP contribution in [0.5, 0.6) is 11.5 Å². The molecule has 112 valence electrons. The monoisotopic (exact) mass is 341 g/mol. The summed E-state index contributed by atoms with van der Waals surface area (Å²) in [5, 5.41) is 0. The lowest BCUT2D eigenvalue weighted by molar-refractivity contribution is 0.311. The van der Waals surface area contributed by atoms with Crippen LogP contribution in [0.3, 0.4) is 0 Å². The fourth-order valence-electron chi connectivity index (χ4n) is 1.73. The van der Waals surface area contributed by atoms with Gasteiger partial charge < -0.3 is 15.2 Å². The minimum atomic E-state index is 0.145. The lowest BCUT2D eigenvalue weighted by atomic mass is 10.0. The molecule has 0 saturated heterocycles. The fraction of sp³-hybridized carbons (Fsp3) is 0.500. The van der Waals surface area contributed by atoms with Crippen molar-refractivity contribution in [3.05, 3.63) is 34.8 Å². The van der Waals surface area contributed by atoms with Crippen LogP contribution in [0.4, 0.5) is 0 Å². The number of ether oxygens (including phenoxy) is 2. The average molecular weight is 342 g/mol. The lowest BCUT2D eigenvalue weighted by Gasteiger charge is -2.16. The summed E-state index contributed by atoms with van der Waals surface area (Å²) < 4.78 is 12.2. The van der Waals surface area contributed by atoms with Gasteiger partial charge in [-0.2, -0.15) is 0 Å². The number of nitrogens with two attached hydrogens (primary N) is 1. The summed E-state index contributed by atoms with van der Waals surface area (Å²) in [6.45, 7) is 9.10. The maximum absolute atomic E-state index is 6.03. The summed E-state index contributed by atoms with van der Waals surface area (Å²) in [6, 6.07) is 6.09. The van der Waals surface area contributed by atoms with Crippen LogP contribution in [0.2, 0.25) is 0 Å². The molecule has 0 heterocycles. The Morgan fingerprint density at radius 1 is 1.35 bits per heavy atom. The Labute approximate surface area is 130 Å². The third kappa shape index (κ3) is 5.97. The van der Waals surface area contributed by atoms with Crippen molar-refractivity contribution in [1.29, 1.82) is 0 Å². The van der Waals surface area contributed by atoms with E-state index in [-0.39, 0.29) is 6.04 Å².